The molecular formula is C32H32N2O6. The molecule has 1 aromatic heterocycles. The number of aromatic hydroxyl groups is 2. The molecule has 3 aromatic carbocycles. The Kier molecular flexibility index (Phi) is 6.08. The number of hydrogen-bond acceptors (Lipinski definition) is 7. The summed E-state index contributed by atoms with van der Waals surface area (Å²) in [6.45, 7) is 1.43. The number of nitrogens with zero attached hydrogens (tertiary/aromatic N) is 2. The van der Waals surface area contributed by atoms with E-state index in [1.807, 2.05) is 24.7 Å². The van der Waals surface area contributed by atoms with Crippen LogP contribution < -0.4 is 14.2 Å². The molecule has 8 heteroatoms. The highest BCUT2D eigenvalue weighted by molar-refractivity contribution is 5.85. The zero-order chi connectivity index (χ0) is 27.4. The Morgan fingerprint density at radius 2 is 1.98 bits per heavy atom. The fourth-order valence-electron chi connectivity index (χ4n) is 6.72. The number of aliphatic hydroxyl groups excluding tert-OH is 1. The maximum Gasteiger partial charge on any atom is 0.160 e. The summed E-state index contributed by atoms with van der Waals surface area (Å²) in [5, 5.41) is 32.0. The second-order valence-corrected chi connectivity index (χ2v) is 10.9. The summed E-state index contributed by atoms with van der Waals surface area (Å²) < 4.78 is 20.5. The van der Waals surface area contributed by atoms with Gasteiger partial charge in [0.2, 0.25) is 0 Å². The van der Waals surface area contributed by atoms with E-state index in [4.69, 9.17) is 14.2 Å². The van der Waals surface area contributed by atoms with Crippen molar-refractivity contribution in [1.82, 2.24) is 9.55 Å². The van der Waals surface area contributed by atoms with Gasteiger partial charge in [-0.25, -0.2) is 4.98 Å². The number of phenolic OH excluding ortho intramolecular Hbond substituents is 2. The molecule has 0 bridgehead atoms. The van der Waals surface area contributed by atoms with E-state index in [-0.39, 0.29) is 17.4 Å². The van der Waals surface area contributed by atoms with Gasteiger partial charge < -0.3 is 34.1 Å². The fraction of sp³-hybridized carbons (Fsp3) is 0.344. The molecule has 0 saturated carbocycles. The minimum atomic E-state index is -0.788. The number of methoxy groups -OCH3 is 1. The molecule has 0 saturated heterocycles. The topological polar surface area (TPSA) is 106 Å². The van der Waals surface area contributed by atoms with Crippen LogP contribution in [0.1, 0.15) is 52.7 Å². The molecule has 4 aromatic rings. The van der Waals surface area contributed by atoms with Crippen molar-refractivity contribution >= 4 is 0 Å². The van der Waals surface area contributed by atoms with Gasteiger partial charge in [0, 0.05) is 42.0 Å². The maximum atomic E-state index is 11.5. The molecule has 0 radical (unpaired) electrons. The SMILES string of the molecule is COc1cc(C2Oc3c4c(c5c(c3CC2O)C(CCn2ccnc2)Cc2cc(O)ccc2-5)OCCC4)ccc1O. The van der Waals surface area contributed by atoms with E-state index in [0.29, 0.717) is 18.8 Å². The Bertz CT molecular complexity index is 1580. The van der Waals surface area contributed by atoms with E-state index in [0.717, 1.165) is 77.1 Å². The van der Waals surface area contributed by atoms with Gasteiger partial charge in [0.05, 0.1) is 26.1 Å². The highest BCUT2D eigenvalue weighted by Crippen LogP contribution is 2.56. The summed E-state index contributed by atoms with van der Waals surface area (Å²) in [5.41, 5.74) is 7.26. The van der Waals surface area contributed by atoms with E-state index in [9.17, 15) is 15.3 Å². The molecule has 3 atom stereocenters. The summed E-state index contributed by atoms with van der Waals surface area (Å²) in [4.78, 5) is 4.20. The molecule has 3 N–H and O–H groups in total. The van der Waals surface area contributed by atoms with Crippen LogP contribution >= 0.6 is 0 Å². The molecule has 0 spiro atoms. The number of aliphatic hydroxyl groups is 1. The molecule has 3 heterocycles. The van der Waals surface area contributed by atoms with Gasteiger partial charge in [0.1, 0.15) is 23.4 Å². The van der Waals surface area contributed by atoms with Crippen molar-refractivity contribution in [2.45, 2.75) is 56.8 Å². The highest BCUT2D eigenvalue weighted by atomic mass is 16.5. The van der Waals surface area contributed by atoms with Crippen LogP contribution in [0.4, 0.5) is 0 Å². The second kappa shape index (κ2) is 9.78. The Hall–Kier alpha value is -4.17. The number of hydrogen-bond donors (Lipinski definition) is 3. The van der Waals surface area contributed by atoms with Gasteiger partial charge in [-0.3, -0.25) is 0 Å². The molecule has 0 amide bonds. The van der Waals surface area contributed by atoms with Gasteiger partial charge in [0.15, 0.2) is 11.5 Å². The first-order chi connectivity index (χ1) is 19.5. The van der Waals surface area contributed by atoms with Crippen LogP contribution in [0.2, 0.25) is 0 Å². The molecule has 8 nitrogen and oxygen atoms in total. The van der Waals surface area contributed by atoms with Crippen molar-refractivity contribution in [2.75, 3.05) is 13.7 Å². The molecular weight excluding hydrogens is 508 g/mol. The minimum absolute atomic E-state index is 0.0437. The Morgan fingerprint density at radius 3 is 2.80 bits per heavy atom. The highest BCUT2D eigenvalue weighted by Gasteiger charge is 2.41. The fourth-order valence-corrected chi connectivity index (χ4v) is 6.72. The summed E-state index contributed by atoms with van der Waals surface area (Å²) in [6.07, 6.45) is 7.96. The number of aryl methyl sites for hydroxylation is 1. The van der Waals surface area contributed by atoms with Gasteiger partial charge in [-0.05, 0) is 78.1 Å². The number of rotatable bonds is 5. The second-order valence-electron chi connectivity index (χ2n) is 10.9. The van der Waals surface area contributed by atoms with Crippen LogP contribution in [-0.2, 0) is 25.8 Å². The molecule has 206 valence electrons. The molecule has 3 unspecified atom stereocenters. The third-order valence-corrected chi connectivity index (χ3v) is 8.53. The Balaban J connectivity index is 1.39. The molecule has 3 aliphatic rings. The van der Waals surface area contributed by atoms with Gasteiger partial charge in [0.25, 0.3) is 0 Å². The van der Waals surface area contributed by atoms with Crippen LogP contribution in [0, 0.1) is 0 Å². The summed E-state index contributed by atoms with van der Waals surface area (Å²) in [6, 6.07) is 10.7. The summed E-state index contributed by atoms with van der Waals surface area (Å²) in [7, 11) is 1.51. The first kappa shape index (κ1) is 24.8. The van der Waals surface area contributed by atoms with Crippen molar-refractivity contribution in [2.24, 2.45) is 0 Å². The van der Waals surface area contributed by atoms with E-state index in [1.165, 1.54) is 12.7 Å². The standard InChI is InChI=1S/C32H32N2O6/c1-38-27-15-19(4-7-25(27)36)30-26(37)16-24-28-18(8-10-34-11-9-33-17-34)13-20-14-21(35)5-6-22(20)29(28)32-23(31(24)40-30)3-2-12-39-32/h4-7,9,11,14-15,17-18,26,30,35-37H,2-3,8,10,12-13,16H2,1H3. The third kappa shape index (κ3) is 4.05. The monoisotopic (exact) mass is 540 g/mol. The molecule has 40 heavy (non-hydrogen) atoms. The number of fused-ring (bicyclic) bond motifs is 8. The van der Waals surface area contributed by atoms with Crippen LogP contribution in [0.15, 0.2) is 55.1 Å². The quantitative estimate of drug-likeness (QED) is 0.325. The third-order valence-electron chi connectivity index (χ3n) is 8.53. The van der Waals surface area contributed by atoms with Crippen LogP contribution in [-0.4, -0.2) is 44.7 Å². The van der Waals surface area contributed by atoms with Crippen LogP contribution in [0.3, 0.4) is 0 Å². The van der Waals surface area contributed by atoms with Crippen LogP contribution in [0.25, 0.3) is 11.1 Å². The van der Waals surface area contributed by atoms with Crippen molar-refractivity contribution in [3.63, 3.8) is 0 Å². The Labute approximate surface area is 232 Å². The lowest BCUT2D eigenvalue weighted by atomic mass is 9.71. The zero-order valence-electron chi connectivity index (χ0n) is 22.3. The molecule has 0 fully saturated rings. The van der Waals surface area contributed by atoms with Gasteiger partial charge >= 0.3 is 0 Å². The van der Waals surface area contributed by atoms with E-state index in [1.54, 1.807) is 30.5 Å². The normalized spacial score (nSPS) is 20.8. The number of imidazole rings is 1. The first-order valence-electron chi connectivity index (χ1n) is 13.9. The van der Waals surface area contributed by atoms with Crippen molar-refractivity contribution < 1.29 is 29.5 Å². The summed E-state index contributed by atoms with van der Waals surface area (Å²) in [5.74, 6) is 2.45. The Morgan fingerprint density at radius 1 is 1.07 bits per heavy atom. The smallest absolute Gasteiger partial charge is 0.160 e. The zero-order valence-corrected chi connectivity index (χ0v) is 22.3. The number of phenols is 2. The lowest BCUT2D eigenvalue weighted by Gasteiger charge is -2.40. The van der Waals surface area contributed by atoms with Gasteiger partial charge in [-0.15, -0.1) is 0 Å². The number of ether oxygens (including phenoxy) is 3. The largest absolute Gasteiger partial charge is 0.508 e. The van der Waals surface area contributed by atoms with Gasteiger partial charge in [-0.1, -0.05) is 12.1 Å². The number of benzene rings is 3. The molecule has 7 rings (SSSR count). The average Bonchev–Trinajstić information content (AvgIpc) is 3.49. The number of aromatic nitrogens is 2. The predicted octanol–water partition coefficient (Wildman–Crippen LogP) is 5.06. The summed E-state index contributed by atoms with van der Waals surface area (Å²) >= 11 is 0. The van der Waals surface area contributed by atoms with Crippen molar-refractivity contribution in [3.8, 4) is 39.9 Å². The predicted molar refractivity (Wildman–Crippen MR) is 148 cm³/mol. The van der Waals surface area contributed by atoms with E-state index in [2.05, 4.69) is 9.55 Å². The lowest BCUT2D eigenvalue weighted by Crippen LogP contribution is -2.33. The van der Waals surface area contributed by atoms with Crippen LogP contribution in [0.5, 0.6) is 28.7 Å². The van der Waals surface area contributed by atoms with Gasteiger partial charge in [-0.2, -0.15) is 0 Å². The molecule has 1 aliphatic carbocycles. The molecule has 2 aliphatic heterocycles. The minimum Gasteiger partial charge on any atom is -0.508 e. The van der Waals surface area contributed by atoms with Crippen molar-refractivity contribution in [1.29, 1.82) is 0 Å². The average molecular weight is 541 g/mol. The maximum absolute atomic E-state index is 11.5. The lowest BCUT2D eigenvalue weighted by molar-refractivity contribution is 0.0189. The van der Waals surface area contributed by atoms with Crippen molar-refractivity contribution in [3.05, 3.63) is 82.9 Å². The van der Waals surface area contributed by atoms with E-state index >= 15 is 0 Å². The van der Waals surface area contributed by atoms with E-state index < -0.39 is 12.2 Å². The first-order valence-corrected chi connectivity index (χ1v) is 13.9.